The van der Waals surface area contributed by atoms with Crippen molar-refractivity contribution in [2.24, 2.45) is 5.73 Å². The summed E-state index contributed by atoms with van der Waals surface area (Å²) in [5.41, 5.74) is 7.10. The summed E-state index contributed by atoms with van der Waals surface area (Å²) in [4.78, 5) is 11.7. The average molecular weight is 251 g/mol. The van der Waals surface area contributed by atoms with Gasteiger partial charge in [0.15, 0.2) is 0 Å². The van der Waals surface area contributed by atoms with Crippen LogP contribution >= 0.6 is 0 Å². The molecule has 0 spiro atoms. The summed E-state index contributed by atoms with van der Waals surface area (Å²) in [7, 11) is -0.734. The normalized spacial score (nSPS) is 10.4. The molecule has 4 N–H and O–H groups in total. The fourth-order valence-corrected chi connectivity index (χ4v) is 1.95. The first kappa shape index (κ1) is 13.7. The minimum Gasteiger partial charge on any atom is -0.384 e. The molecule has 1 amide bonds. The van der Waals surface area contributed by atoms with Gasteiger partial charge in [0.05, 0.1) is 8.80 Å². The molecule has 0 aliphatic heterocycles. The van der Waals surface area contributed by atoms with Crippen LogP contribution in [0.4, 0.5) is 5.69 Å². The molecule has 1 aromatic rings. The summed E-state index contributed by atoms with van der Waals surface area (Å²) in [6, 6.07) is 7.46. The first-order chi connectivity index (χ1) is 8.13. The van der Waals surface area contributed by atoms with Crippen molar-refractivity contribution in [3.63, 3.8) is 0 Å². The lowest BCUT2D eigenvalue weighted by Crippen LogP contribution is -2.31. The number of carbonyl (C=O) groups excluding carboxylic acids is 1. The van der Waals surface area contributed by atoms with Crippen LogP contribution < -0.4 is 16.4 Å². The number of rotatable bonds is 6. The van der Waals surface area contributed by atoms with Crippen LogP contribution in [-0.4, -0.2) is 34.0 Å². The van der Waals surface area contributed by atoms with E-state index in [1.807, 2.05) is 24.3 Å². The number of nitrogens with one attached hydrogen (secondary N) is 2. The Labute approximate surface area is 104 Å². The van der Waals surface area contributed by atoms with Crippen LogP contribution in [0.3, 0.4) is 0 Å². The molecule has 94 valence electrons. The Morgan fingerprint density at radius 1 is 1.29 bits per heavy atom. The van der Waals surface area contributed by atoms with E-state index in [-0.39, 0.29) is 5.91 Å². The molecule has 1 aromatic carbocycles. The van der Waals surface area contributed by atoms with Crippen LogP contribution in [0, 0.1) is 0 Å². The van der Waals surface area contributed by atoms with Gasteiger partial charge in [0.2, 0.25) is 0 Å². The Kier molecular flexibility index (Phi) is 5.72. The Balaban J connectivity index is 2.51. The number of nitrogens with two attached hydrogens (primary N) is 1. The fraction of sp³-hybridized carbons (Fsp3) is 0.417. The number of benzene rings is 1. The van der Waals surface area contributed by atoms with E-state index in [4.69, 9.17) is 5.73 Å². The zero-order chi connectivity index (χ0) is 12.7. The van der Waals surface area contributed by atoms with Crippen molar-refractivity contribution in [1.82, 2.24) is 5.32 Å². The van der Waals surface area contributed by atoms with E-state index < -0.39 is 8.80 Å². The Hall–Kier alpha value is -1.33. The molecular formula is C12H21N3OSi. The van der Waals surface area contributed by atoms with E-state index in [1.165, 1.54) is 0 Å². The highest BCUT2D eigenvalue weighted by Crippen LogP contribution is 2.08. The van der Waals surface area contributed by atoms with Gasteiger partial charge in [-0.3, -0.25) is 4.79 Å². The second-order valence-electron chi connectivity index (χ2n) is 4.40. The topological polar surface area (TPSA) is 67.2 Å². The molecule has 0 saturated heterocycles. The quantitative estimate of drug-likeness (QED) is 0.656. The van der Waals surface area contributed by atoms with Gasteiger partial charge in [-0.05, 0) is 24.3 Å². The van der Waals surface area contributed by atoms with Crippen LogP contribution in [0.2, 0.25) is 13.1 Å². The Bertz CT molecular complexity index is 351. The standard InChI is InChI=1S/C12H21N3OSi/c1-17(2)9-15-12(16)10-3-5-11(6-4-10)14-8-7-13/h3-6,14,17H,7-9,13H2,1-2H3,(H,15,16). The monoisotopic (exact) mass is 251 g/mol. The zero-order valence-corrected chi connectivity index (χ0v) is 11.6. The second kappa shape index (κ2) is 7.08. The van der Waals surface area contributed by atoms with Crippen LogP contribution in [0.15, 0.2) is 24.3 Å². The molecule has 0 aromatic heterocycles. The Morgan fingerprint density at radius 2 is 1.94 bits per heavy atom. The van der Waals surface area contributed by atoms with Crippen LogP contribution in [0.1, 0.15) is 10.4 Å². The van der Waals surface area contributed by atoms with Crippen molar-refractivity contribution in [3.05, 3.63) is 29.8 Å². The molecule has 0 aliphatic carbocycles. The van der Waals surface area contributed by atoms with E-state index >= 15 is 0 Å². The van der Waals surface area contributed by atoms with Gasteiger partial charge in [-0.15, -0.1) is 0 Å². The largest absolute Gasteiger partial charge is 0.384 e. The lowest BCUT2D eigenvalue weighted by Gasteiger charge is -2.08. The molecule has 5 heteroatoms. The third kappa shape index (κ3) is 5.01. The van der Waals surface area contributed by atoms with Gasteiger partial charge in [-0.2, -0.15) is 0 Å². The minimum atomic E-state index is -0.734. The second-order valence-corrected chi connectivity index (χ2v) is 7.59. The predicted molar refractivity (Wildman–Crippen MR) is 75.2 cm³/mol. The van der Waals surface area contributed by atoms with Gasteiger partial charge in [0.1, 0.15) is 0 Å². The number of anilines is 1. The SMILES string of the molecule is C[SiH](C)CNC(=O)c1ccc(NCCN)cc1. The molecule has 0 atom stereocenters. The number of hydrogen-bond acceptors (Lipinski definition) is 3. The van der Waals surface area contributed by atoms with Crippen LogP contribution in [-0.2, 0) is 0 Å². The maximum absolute atomic E-state index is 11.7. The summed E-state index contributed by atoms with van der Waals surface area (Å²) >= 11 is 0. The first-order valence-corrected chi connectivity index (χ1v) is 9.08. The van der Waals surface area contributed by atoms with Gasteiger partial charge < -0.3 is 16.4 Å². The number of hydrogen-bond donors (Lipinski definition) is 3. The molecule has 0 heterocycles. The average Bonchev–Trinajstić information content (AvgIpc) is 2.34. The molecule has 0 fully saturated rings. The van der Waals surface area contributed by atoms with Crippen molar-refractivity contribution in [2.75, 3.05) is 24.6 Å². The zero-order valence-electron chi connectivity index (χ0n) is 10.5. The highest BCUT2D eigenvalue weighted by Gasteiger charge is 2.05. The van der Waals surface area contributed by atoms with Gasteiger partial charge in [-0.25, -0.2) is 0 Å². The third-order valence-corrected chi connectivity index (χ3v) is 3.31. The highest BCUT2D eigenvalue weighted by molar-refractivity contribution is 6.56. The molecule has 0 saturated carbocycles. The van der Waals surface area contributed by atoms with Gasteiger partial charge >= 0.3 is 0 Å². The van der Waals surface area contributed by atoms with E-state index in [2.05, 4.69) is 23.7 Å². The molecule has 0 bridgehead atoms. The van der Waals surface area contributed by atoms with Gasteiger partial charge in [0.25, 0.3) is 5.91 Å². The molecule has 0 aliphatic rings. The van der Waals surface area contributed by atoms with Crippen molar-refractivity contribution in [2.45, 2.75) is 13.1 Å². The molecule has 17 heavy (non-hydrogen) atoms. The third-order valence-electron chi connectivity index (χ3n) is 2.29. The van der Waals surface area contributed by atoms with Gasteiger partial charge in [-0.1, -0.05) is 13.1 Å². The summed E-state index contributed by atoms with van der Waals surface area (Å²) in [5.74, 6) is 0.0107. The van der Waals surface area contributed by atoms with E-state index in [0.29, 0.717) is 12.1 Å². The van der Waals surface area contributed by atoms with E-state index in [1.54, 1.807) is 0 Å². The van der Waals surface area contributed by atoms with Crippen molar-refractivity contribution >= 4 is 20.4 Å². The fourth-order valence-electron chi connectivity index (χ4n) is 1.35. The molecule has 0 radical (unpaired) electrons. The number of amides is 1. The van der Waals surface area contributed by atoms with Crippen molar-refractivity contribution < 1.29 is 4.79 Å². The molecule has 4 nitrogen and oxygen atoms in total. The number of carbonyl (C=O) groups is 1. The molecule has 0 unspecified atom stereocenters. The summed E-state index contributed by atoms with van der Waals surface area (Å²) in [6.07, 6.45) is 0.839. The minimum absolute atomic E-state index is 0.0107. The summed E-state index contributed by atoms with van der Waals surface area (Å²) < 4.78 is 0. The van der Waals surface area contributed by atoms with Crippen molar-refractivity contribution in [3.8, 4) is 0 Å². The predicted octanol–water partition coefficient (Wildman–Crippen LogP) is 0.813. The summed E-state index contributed by atoms with van der Waals surface area (Å²) in [6.45, 7) is 5.76. The maximum atomic E-state index is 11.7. The van der Waals surface area contributed by atoms with E-state index in [0.717, 1.165) is 18.4 Å². The van der Waals surface area contributed by atoms with E-state index in [9.17, 15) is 4.79 Å². The van der Waals surface area contributed by atoms with Crippen LogP contribution in [0.25, 0.3) is 0 Å². The lowest BCUT2D eigenvalue weighted by atomic mass is 10.2. The maximum Gasteiger partial charge on any atom is 0.250 e. The highest BCUT2D eigenvalue weighted by atomic mass is 28.3. The Morgan fingerprint density at radius 3 is 2.47 bits per heavy atom. The van der Waals surface area contributed by atoms with Gasteiger partial charge in [0, 0.05) is 30.5 Å². The summed E-state index contributed by atoms with van der Waals surface area (Å²) in [5, 5.41) is 6.10. The van der Waals surface area contributed by atoms with Crippen LogP contribution in [0.5, 0.6) is 0 Å². The smallest absolute Gasteiger partial charge is 0.250 e. The van der Waals surface area contributed by atoms with Crippen molar-refractivity contribution in [1.29, 1.82) is 0 Å². The first-order valence-electron chi connectivity index (χ1n) is 5.95. The molecule has 1 rings (SSSR count). The molecular weight excluding hydrogens is 230 g/mol. The lowest BCUT2D eigenvalue weighted by molar-refractivity contribution is 0.0960.